The fourth-order valence-corrected chi connectivity index (χ4v) is 4.62. The summed E-state index contributed by atoms with van der Waals surface area (Å²) in [6, 6.07) is 4.93. The zero-order valence-electron chi connectivity index (χ0n) is 14.8. The average Bonchev–Trinajstić information content (AvgIpc) is 2.51. The van der Waals surface area contributed by atoms with Crippen LogP contribution in [0.4, 0.5) is 5.69 Å². The Balaban J connectivity index is 1.65. The molecule has 0 bridgehead atoms. The van der Waals surface area contributed by atoms with E-state index < -0.39 is 0 Å². The van der Waals surface area contributed by atoms with Gasteiger partial charge in [-0.2, -0.15) is 0 Å². The fourth-order valence-electron chi connectivity index (χ4n) is 4.62. The van der Waals surface area contributed by atoms with Crippen molar-refractivity contribution in [2.45, 2.75) is 65.3 Å². The Hall–Kier alpha value is -1.35. The lowest BCUT2D eigenvalue weighted by Crippen LogP contribution is -2.48. The van der Waals surface area contributed by atoms with Crippen molar-refractivity contribution in [1.29, 1.82) is 0 Å². The molecular formula is C20H30N2O. The van der Waals surface area contributed by atoms with Gasteiger partial charge in [-0.1, -0.05) is 24.1 Å². The zero-order valence-corrected chi connectivity index (χ0v) is 14.8. The summed E-state index contributed by atoms with van der Waals surface area (Å²) < 4.78 is 0. The molecule has 0 radical (unpaired) electrons. The maximum atomic E-state index is 12.6. The van der Waals surface area contributed by atoms with E-state index in [1.807, 2.05) is 0 Å². The van der Waals surface area contributed by atoms with Crippen LogP contribution >= 0.6 is 0 Å². The molecule has 0 spiro atoms. The molecule has 23 heavy (non-hydrogen) atoms. The predicted octanol–water partition coefficient (Wildman–Crippen LogP) is 4.20. The van der Waals surface area contributed by atoms with Crippen LogP contribution in [0, 0.1) is 26.7 Å². The first-order chi connectivity index (χ1) is 11.0. The smallest absolute Gasteiger partial charge is 0.224 e. The second-order valence-electron chi connectivity index (χ2n) is 7.53. The number of carbonyl (C=O) groups excluding carboxylic acids is 1. The van der Waals surface area contributed by atoms with Crippen LogP contribution in [0.25, 0.3) is 0 Å². The minimum atomic E-state index is 0.192. The van der Waals surface area contributed by atoms with Gasteiger partial charge in [-0.25, -0.2) is 0 Å². The van der Waals surface area contributed by atoms with E-state index in [9.17, 15) is 4.79 Å². The third-order valence-corrected chi connectivity index (χ3v) is 5.62. The summed E-state index contributed by atoms with van der Waals surface area (Å²) in [7, 11) is 0. The maximum Gasteiger partial charge on any atom is 0.224 e. The van der Waals surface area contributed by atoms with E-state index in [1.165, 1.54) is 61.9 Å². The number of piperidine rings is 2. The molecule has 2 atom stereocenters. The number of aryl methyl sites for hydroxylation is 3. The van der Waals surface area contributed by atoms with Crippen LogP contribution in [0.2, 0.25) is 0 Å². The summed E-state index contributed by atoms with van der Waals surface area (Å²) in [5.41, 5.74) is 4.60. The Morgan fingerprint density at radius 3 is 2.52 bits per heavy atom. The molecule has 0 unspecified atom stereocenters. The van der Waals surface area contributed by atoms with E-state index in [-0.39, 0.29) is 5.91 Å². The van der Waals surface area contributed by atoms with E-state index in [1.54, 1.807) is 0 Å². The number of nitrogens with zero attached hydrogens (tertiary/aromatic N) is 1. The highest BCUT2D eigenvalue weighted by Crippen LogP contribution is 2.33. The van der Waals surface area contributed by atoms with Gasteiger partial charge in [0.25, 0.3) is 0 Å². The summed E-state index contributed by atoms with van der Waals surface area (Å²) in [5, 5.41) is 3.19. The van der Waals surface area contributed by atoms with Crippen LogP contribution in [0.3, 0.4) is 0 Å². The average molecular weight is 314 g/mol. The third kappa shape index (κ3) is 3.77. The number of amides is 1. The highest BCUT2D eigenvalue weighted by molar-refractivity contribution is 5.92. The monoisotopic (exact) mass is 314 g/mol. The van der Waals surface area contributed by atoms with Gasteiger partial charge >= 0.3 is 0 Å². The summed E-state index contributed by atoms with van der Waals surface area (Å²) in [6.07, 6.45) is 7.07. The number of carbonyl (C=O) groups is 1. The van der Waals surface area contributed by atoms with Gasteiger partial charge < -0.3 is 10.2 Å². The zero-order chi connectivity index (χ0) is 16.4. The molecule has 2 heterocycles. The van der Waals surface area contributed by atoms with Gasteiger partial charge in [0.05, 0.1) is 0 Å². The molecule has 0 saturated carbocycles. The van der Waals surface area contributed by atoms with Crippen LogP contribution in [0.15, 0.2) is 12.1 Å². The topological polar surface area (TPSA) is 32.3 Å². The molecule has 2 aliphatic heterocycles. The summed E-state index contributed by atoms with van der Waals surface area (Å²) in [5.74, 6) is 0.729. The van der Waals surface area contributed by atoms with E-state index >= 15 is 0 Å². The predicted molar refractivity (Wildman–Crippen MR) is 95.8 cm³/mol. The number of hydrogen-bond donors (Lipinski definition) is 1. The minimum absolute atomic E-state index is 0.192. The lowest BCUT2D eigenvalue weighted by Gasteiger charge is -2.44. The summed E-state index contributed by atoms with van der Waals surface area (Å²) >= 11 is 0. The molecule has 0 aromatic heterocycles. The Labute approximate surface area is 140 Å². The Morgan fingerprint density at radius 1 is 1.09 bits per heavy atom. The van der Waals surface area contributed by atoms with Gasteiger partial charge in [0.1, 0.15) is 0 Å². The summed E-state index contributed by atoms with van der Waals surface area (Å²) in [4.78, 5) is 15.2. The van der Waals surface area contributed by atoms with Crippen molar-refractivity contribution < 1.29 is 4.79 Å². The molecule has 1 aromatic rings. The molecule has 3 nitrogen and oxygen atoms in total. The fraction of sp³-hybridized carbons (Fsp3) is 0.650. The molecule has 126 valence electrons. The summed E-state index contributed by atoms with van der Waals surface area (Å²) in [6.45, 7) is 8.74. The standard InChI is InChI=1S/C20H30N2O/c1-14-11-15(2)20(16(3)12-14)21-19(23)13-17-7-6-10-22-9-5-4-8-18(17)22/h11-12,17-18H,4-10,13H2,1-3H3,(H,21,23)/t17-,18-/m1/s1. The van der Waals surface area contributed by atoms with Crippen molar-refractivity contribution in [3.8, 4) is 0 Å². The van der Waals surface area contributed by atoms with Gasteiger partial charge in [-0.05, 0) is 76.6 Å². The first kappa shape index (κ1) is 16.5. The number of nitrogens with one attached hydrogen (secondary N) is 1. The van der Waals surface area contributed by atoms with Gasteiger partial charge in [0.15, 0.2) is 0 Å². The van der Waals surface area contributed by atoms with Gasteiger partial charge in [-0.15, -0.1) is 0 Å². The Morgan fingerprint density at radius 2 is 1.78 bits per heavy atom. The molecule has 3 heteroatoms. The largest absolute Gasteiger partial charge is 0.326 e. The first-order valence-corrected chi connectivity index (χ1v) is 9.16. The van der Waals surface area contributed by atoms with Crippen molar-refractivity contribution in [2.24, 2.45) is 5.92 Å². The van der Waals surface area contributed by atoms with Crippen LogP contribution in [-0.2, 0) is 4.79 Å². The van der Waals surface area contributed by atoms with E-state index in [2.05, 4.69) is 43.1 Å². The number of rotatable bonds is 3. The first-order valence-electron chi connectivity index (χ1n) is 9.16. The van der Waals surface area contributed by atoms with E-state index in [0.717, 1.165) is 5.69 Å². The second-order valence-corrected chi connectivity index (χ2v) is 7.53. The van der Waals surface area contributed by atoms with Gasteiger partial charge in [-0.3, -0.25) is 4.79 Å². The van der Waals surface area contributed by atoms with Crippen LogP contribution in [0.1, 0.15) is 55.2 Å². The lowest BCUT2D eigenvalue weighted by atomic mass is 9.81. The number of benzene rings is 1. The SMILES string of the molecule is Cc1cc(C)c(NC(=O)C[C@H]2CCCN3CCCC[C@H]23)c(C)c1. The molecule has 2 saturated heterocycles. The maximum absolute atomic E-state index is 12.6. The molecular weight excluding hydrogens is 284 g/mol. The highest BCUT2D eigenvalue weighted by Gasteiger charge is 2.34. The van der Waals surface area contributed by atoms with Crippen molar-refractivity contribution in [3.63, 3.8) is 0 Å². The van der Waals surface area contributed by atoms with Gasteiger partial charge in [0.2, 0.25) is 5.91 Å². The quantitative estimate of drug-likeness (QED) is 0.906. The van der Waals surface area contributed by atoms with Crippen molar-refractivity contribution in [1.82, 2.24) is 4.90 Å². The molecule has 2 fully saturated rings. The number of hydrogen-bond acceptors (Lipinski definition) is 2. The van der Waals surface area contributed by atoms with Crippen molar-refractivity contribution in [2.75, 3.05) is 18.4 Å². The third-order valence-electron chi connectivity index (χ3n) is 5.62. The van der Waals surface area contributed by atoms with Crippen LogP contribution in [-0.4, -0.2) is 29.9 Å². The van der Waals surface area contributed by atoms with Crippen molar-refractivity contribution >= 4 is 11.6 Å². The minimum Gasteiger partial charge on any atom is -0.326 e. The molecule has 1 amide bonds. The molecule has 0 aliphatic carbocycles. The normalized spacial score (nSPS) is 25.0. The van der Waals surface area contributed by atoms with E-state index in [4.69, 9.17) is 0 Å². The Bertz CT molecular complexity index is 556. The van der Waals surface area contributed by atoms with Crippen LogP contribution in [0.5, 0.6) is 0 Å². The lowest BCUT2D eigenvalue weighted by molar-refractivity contribution is -0.118. The van der Waals surface area contributed by atoms with Gasteiger partial charge in [0, 0.05) is 18.2 Å². The highest BCUT2D eigenvalue weighted by atomic mass is 16.1. The molecule has 1 aromatic carbocycles. The van der Waals surface area contributed by atoms with Crippen LogP contribution < -0.4 is 5.32 Å². The van der Waals surface area contributed by atoms with Crippen molar-refractivity contribution in [3.05, 3.63) is 28.8 Å². The molecule has 1 N–H and O–H groups in total. The second kappa shape index (κ2) is 7.04. The molecule has 3 rings (SSSR count). The Kier molecular flexibility index (Phi) is 5.05. The number of anilines is 1. The number of fused-ring (bicyclic) bond motifs is 1. The molecule has 2 aliphatic rings. The van der Waals surface area contributed by atoms with E-state index in [0.29, 0.717) is 18.4 Å².